The fourth-order valence-electron chi connectivity index (χ4n) is 2.51. The van der Waals surface area contributed by atoms with E-state index in [1.165, 1.54) is 83.5 Å². The summed E-state index contributed by atoms with van der Waals surface area (Å²) in [7, 11) is 4.12. The molecule has 0 aliphatic rings. The van der Waals surface area contributed by atoms with Gasteiger partial charge in [-0.2, -0.15) is 0 Å². The molecule has 0 heterocycles. The van der Waals surface area contributed by atoms with Gasteiger partial charge in [0.1, 0.15) is 0 Å². The van der Waals surface area contributed by atoms with Gasteiger partial charge in [-0.25, -0.2) is 4.00 Å². The predicted octanol–water partition coefficient (Wildman–Crippen LogP) is 3.31. The van der Waals surface area contributed by atoms with Crippen molar-refractivity contribution >= 4 is 11.8 Å². The molecule has 0 aromatic rings. The molecule has 124 valence electrons. The summed E-state index contributed by atoms with van der Waals surface area (Å²) in [5, 5.41) is 0. The third-order valence-corrected chi connectivity index (χ3v) is 3.96. The van der Waals surface area contributed by atoms with Gasteiger partial charge in [0.15, 0.2) is 11.8 Å². The average Bonchev–Trinajstić information content (AvgIpc) is 2.34. The molecule has 0 aromatic heterocycles. The molecule has 0 aromatic carbocycles. The van der Waals surface area contributed by atoms with E-state index in [1.807, 2.05) is 0 Å². The van der Waals surface area contributed by atoms with E-state index < -0.39 is 0 Å². The van der Waals surface area contributed by atoms with E-state index in [1.54, 1.807) is 0 Å². The van der Waals surface area contributed by atoms with E-state index >= 15 is 0 Å². The van der Waals surface area contributed by atoms with E-state index in [0.29, 0.717) is 4.00 Å². The van der Waals surface area contributed by atoms with Gasteiger partial charge >= 0.3 is 0 Å². The van der Waals surface area contributed by atoms with E-state index in [-0.39, 0.29) is 12.4 Å². The number of halogens is 2. The normalized spacial score (nSPS) is 11.4. The Balaban J connectivity index is 0. The van der Waals surface area contributed by atoms with E-state index in [9.17, 15) is 0 Å². The number of unbranched alkanes of at least 4 members (excludes halogenated alkanes) is 12. The summed E-state index contributed by atoms with van der Waals surface area (Å²) in [6, 6.07) is 0. The van der Waals surface area contributed by atoms with E-state index in [2.05, 4.69) is 21.0 Å². The summed E-state index contributed by atoms with van der Waals surface area (Å²) in [4.78, 5) is 0. The summed E-state index contributed by atoms with van der Waals surface area (Å²) in [6.07, 6.45) is 18.4. The Bertz CT molecular complexity index is 178. The van der Waals surface area contributed by atoms with Gasteiger partial charge in [-0.1, -0.05) is 77.6 Å². The average molecular weight is 326 g/mol. The van der Waals surface area contributed by atoms with Crippen LogP contribution in [0.15, 0.2) is 0 Å². The first kappa shape index (κ1) is 22.8. The van der Waals surface area contributed by atoms with Crippen LogP contribution in [0.4, 0.5) is 0 Å². The molecular formula is C17H37Cl2N. The topological polar surface area (TPSA) is 0 Å². The molecule has 0 saturated carbocycles. The fraction of sp³-hybridized carbons (Fsp3) is 1.00. The summed E-state index contributed by atoms with van der Waals surface area (Å²) in [5.41, 5.74) is 0. The molecule has 0 aliphatic heterocycles. The number of quaternary nitrogens is 1. The molecule has 0 spiro atoms. The zero-order valence-electron chi connectivity index (χ0n) is 14.1. The second-order valence-corrected chi connectivity index (χ2v) is 7.42. The lowest BCUT2D eigenvalue weighted by Gasteiger charge is -2.17. The molecule has 1 nitrogen and oxygen atoms in total. The van der Waals surface area contributed by atoms with Gasteiger partial charge in [-0.15, -0.1) is 0 Å². The van der Waals surface area contributed by atoms with Crippen LogP contribution in [0.5, 0.6) is 0 Å². The third-order valence-electron chi connectivity index (χ3n) is 3.79. The zero-order chi connectivity index (χ0) is 14.4. The largest absolute Gasteiger partial charge is 1.00 e. The minimum atomic E-state index is 0. The Kier molecular flexibility index (Phi) is 18.2. The molecule has 0 atom stereocenters. The van der Waals surface area contributed by atoms with Crippen molar-refractivity contribution < 1.29 is 16.4 Å². The molecule has 0 saturated heterocycles. The number of hydrogen-bond donors (Lipinski definition) is 0. The second-order valence-electron chi connectivity index (χ2n) is 6.50. The van der Waals surface area contributed by atoms with Crippen LogP contribution in [0.3, 0.4) is 0 Å². The van der Waals surface area contributed by atoms with Crippen molar-refractivity contribution in [2.45, 2.75) is 90.4 Å². The lowest BCUT2D eigenvalue weighted by atomic mass is 10.0. The molecule has 0 radical (unpaired) electrons. The van der Waals surface area contributed by atoms with Crippen LogP contribution in [-0.2, 0) is 0 Å². The van der Waals surface area contributed by atoms with E-state index in [4.69, 9.17) is 11.8 Å². The first-order valence-electron chi connectivity index (χ1n) is 8.59. The number of hydrogen-bond acceptors (Lipinski definition) is 0. The molecular weight excluding hydrogens is 289 g/mol. The van der Waals surface area contributed by atoms with Crippen LogP contribution in [0.1, 0.15) is 90.4 Å². The summed E-state index contributed by atoms with van der Waals surface area (Å²) < 4.78 is 0.595. The Hall–Kier alpha value is 0.540. The highest BCUT2D eigenvalue weighted by Gasteiger charge is 2.09. The highest BCUT2D eigenvalue weighted by atomic mass is 35.5. The van der Waals surface area contributed by atoms with Crippen molar-refractivity contribution in [2.24, 2.45) is 0 Å². The molecule has 0 N–H and O–H groups in total. The number of rotatable bonds is 14. The first-order chi connectivity index (χ1) is 9.06. The fourth-order valence-corrected chi connectivity index (χ4v) is 2.63. The van der Waals surface area contributed by atoms with Crippen LogP contribution < -0.4 is 12.4 Å². The Morgan fingerprint density at radius 1 is 0.600 bits per heavy atom. The van der Waals surface area contributed by atoms with Gasteiger partial charge in [0.05, 0.1) is 20.6 Å². The molecule has 0 fully saturated rings. The standard InChI is InChI=1S/C17H37ClN.ClH/c1-4-5-6-7-8-9-10-11-12-13-14-15-16-17-19(2,3)18;/h4-17H2,1-3H3;1H/q+1;/p-1. The van der Waals surface area contributed by atoms with Crippen molar-refractivity contribution in [1.82, 2.24) is 0 Å². The number of nitrogens with zero attached hydrogens (tertiary/aromatic N) is 1. The Morgan fingerprint density at radius 3 is 1.20 bits per heavy atom. The highest BCUT2D eigenvalue weighted by Crippen LogP contribution is 2.13. The molecule has 0 unspecified atom stereocenters. The second kappa shape index (κ2) is 15.9. The molecule has 3 heteroatoms. The van der Waals surface area contributed by atoms with Gasteiger partial charge in [0, 0.05) is 0 Å². The highest BCUT2D eigenvalue weighted by molar-refractivity contribution is 6.06. The molecule has 0 aliphatic carbocycles. The minimum Gasteiger partial charge on any atom is -1.00 e. The van der Waals surface area contributed by atoms with Gasteiger partial charge in [-0.3, -0.25) is 0 Å². The maximum absolute atomic E-state index is 6.11. The Labute approximate surface area is 139 Å². The van der Waals surface area contributed by atoms with Crippen molar-refractivity contribution in [2.75, 3.05) is 20.6 Å². The van der Waals surface area contributed by atoms with Gasteiger partial charge < -0.3 is 12.4 Å². The monoisotopic (exact) mass is 325 g/mol. The lowest BCUT2D eigenvalue weighted by molar-refractivity contribution is -0.771. The lowest BCUT2D eigenvalue weighted by Crippen LogP contribution is -3.00. The van der Waals surface area contributed by atoms with Gasteiger partial charge in [0.2, 0.25) is 0 Å². The van der Waals surface area contributed by atoms with Crippen molar-refractivity contribution in [3.8, 4) is 0 Å². The van der Waals surface area contributed by atoms with Crippen LogP contribution in [0.2, 0.25) is 0 Å². The maximum atomic E-state index is 6.11. The summed E-state index contributed by atoms with van der Waals surface area (Å²) in [5.74, 6) is 0. The van der Waals surface area contributed by atoms with Crippen LogP contribution in [-0.4, -0.2) is 24.6 Å². The smallest absolute Gasteiger partial charge is 0.164 e. The van der Waals surface area contributed by atoms with Crippen LogP contribution in [0, 0.1) is 0 Å². The Morgan fingerprint density at radius 2 is 0.900 bits per heavy atom. The van der Waals surface area contributed by atoms with Crippen LogP contribution in [0.25, 0.3) is 0 Å². The summed E-state index contributed by atoms with van der Waals surface area (Å²) >= 11 is 6.11. The molecule has 20 heavy (non-hydrogen) atoms. The minimum absolute atomic E-state index is 0. The van der Waals surface area contributed by atoms with Crippen molar-refractivity contribution in [3.05, 3.63) is 0 Å². The molecule has 0 bridgehead atoms. The zero-order valence-corrected chi connectivity index (χ0v) is 15.6. The molecule has 0 amide bonds. The van der Waals surface area contributed by atoms with Crippen molar-refractivity contribution in [3.63, 3.8) is 0 Å². The first-order valence-corrected chi connectivity index (χ1v) is 8.92. The van der Waals surface area contributed by atoms with Gasteiger partial charge in [0.25, 0.3) is 0 Å². The third kappa shape index (κ3) is 20.8. The SMILES string of the molecule is CCCCCCCCCCCCCCC[N+](C)(C)Cl.[Cl-]. The predicted molar refractivity (Wildman–Crippen MR) is 88.5 cm³/mol. The molecule has 0 rings (SSSR count). The van der Waals surface area contributed by atoms with Gasteiger partial charge in [-0.05, 0) is 12.8 Å². The quantitative estimate of drug-likeness (QED) is 0.339. The van der Waals surface area contributed by atoms with E-state index in [0.717, 1.165) is 6.54 Å². The maximum Gasteiger partial charge on any atom is 0.164 e. The summed E-state index contributed by atoms with van der Waals surface area (Å²) in [6.45, 7) is 3.38. The van der Waals surface area contributed by atoms with Crippen molar-refractivity contribution in [1.29, 1.82) is 0 Å². The van der Waals surface area contributed by atoms with Crippen LogP contribution >= 0.6 is 11.8 Å².